The van der Waals surface area contributed by atoms with Crippen LogP contribution in [0.5, 0.6) is 0 Å². The standard InChI is InChI=1S/C14H15N3O/c1-3-10-6-7-11(18-10)12-13(15)17-8-4-5-9(2)14(17)16-12/h4-8H,3,15H2,1-2H3. The number of fused-ring (bicyclic) bond motifs is 1. The van der Waals surface area contributed by atoms with Crippen LogP contribution in [0.15, 0.2) is 34.9 Å². The molecule has 0 saturated heterocycles. The molecule has 0 saturated carbocycles. The lowest BCUT2D eigenvalue weighted by atomic mass is 10.3. The van der Waals surface area contributed by atoms with Crippen molar-refractivity contribution in [1.29, 1.82) is 0 Å². The molecule has 4 nitrogen and oxygen atoms in total. The number of nitrogens with two attached hydrogens (primary N) is 1. The first-order valence-electron chi connectivity index (χ1n) is 6.03. The van der Waals surface area contributed by atoms with Crippen LogP contribution in [0.25, 0.3) is 17.1 Å². The first kappa shape index (κ1) is 10.9. The molecule has 0 radical (unpaired) electrons. The second-order valence-corrected chi connectivity index (χ2v) is 4.35. The molecular formula is C14H15N3O. The van der Waals surface area contributed by atoms with Gasteiger partial charge in [-0.1, -0.05) is 13.0 Å². The maximum Gasteiger partial charge on any atom is 0.156 e. The van der Waals surface area contributed by atoms with Crippen LogP contribution in [0.4, 0.5) is 5.82 Å². The van der Waals surface area contributed by atoms with E-state index >= 15 is 0 Å². The second kappa shape index (κ2) is 3.91. The Bertz CT molecular complexity index is 709. The van der Waals surface area contributed by atoms with E-state index in [2.05, 4.69) is 11.9 Å². The average molecular weight is 241 g/mol. The molecule has 0 spiro atoms. The smallest absolute Gasteiger partial charge is 0.156 e. The highest BCUT2D eigenvalue weighted by Crippen LogP contribution is 2.29. The van der Waals surface area contributed by atoms with E-state index in [1.54, 1.807) is 0 Å². The third kappa shape index (κ3) is 1.49. The number of imidazole rings is 1. The van der Waals surface area contributed by atoms with Crippen LogP contribution in [-0.2, 0) is 6.42 Å². The summed E-state index contributed by atoms with van der Waals surface area (Å²) in [6.45, 7) is 4.07. The molecular weight excluding hydrogens is 226 g/mol. The summed E-state index contributed by atoms with van der Waals surface area (Å²) >= 11 is 0. The summed E-state index contributed by atoms with van der Waals surface area (Å²) in [5, 5.41) is 0. The number of pyridine rings is 1. The van der Waals surface area contributed by atoms with Crippen LogP contribution < -0.4 is 5.73 Å². The molecule has 0 aliphatic heterocycles. The molecule has 0 aromatic carbocycles. The summed E-state index contributed by atoms with van der Waals surface area (Å²) in [6.07, 6.45) is 2.78. The Balaban J connectivity index is 2.23. The Morgan fingerprint density at radius 2 is 2.17 bits per heavy atom. The fraction of sp³-hybridized carbons (Fsp3) is 0.214. The van der Waals surface area contributed by atoms with Crippen LogP contribution in [0.3, 0.4) is 0 Å². The summed E-state index contributed by atoms with van der Waals surface area (Å²) < 4.78 is 7.60. The van der Waals surface area contributed by atoms with Crippen molar-refractivity contribution in [2.24, 2.45) is 0 Å². The first-order valence-corrected chi connectivity index (χ1v) is 6.03. The third-order valence-corrected chi connectivity index (χ3v) is 3.13. The van der Waals surface area contributed by atoms with Gasteiger partial charge in [0.05, 0.1) is 0 Å². The van der Waals surface area contributed by atoms with E-state index in [-0.39, 0.29) is 0 Å². The SMILES string of the molecule is CCc1ccc(-c2nc3c(C)cccn3c2N)o1. The maximum absolute atomic E-state index is 6.13. The van der Waals surface area contributed by atoms with E-state index in [0.29, 0.717) is 11.5 Å². The third-order valence-electron chi connectivity index (χ3n) is 3.13. The molecule has 0 aliphatic carbocycles. The summed E-state index contributed by atoms with van der Waals surface area (Å²) in [7, 11) is 0. The van der Waals surface area contributed by atoms with Gasteiger partial charge in [0.25, 0.3) is 0 Å². The highest BCUT2D eigenvalue weighted by Gasteiger charge is 2.15. The number of hydrogen-bond donors (Lipinski definition) is 1. The Morgan fingerprint density at radius 1 is 1.33 bits per heavy atom. The molecule has 0 amide bonds. The largest absolute Gasteiger partial charge is 0.459 e. The summed E-state index contributed by atoms with van der Waals surface area (Å²) in [5.74, 6) is 2.29. The van der Waals surface area contributed by atoms with Gasteiger partial charge in [0.15, 0.2) is 5.76 Å². The predicted octanol–water partition coefficient (Wildman–Crippen LogP) is 3.05. The van der Waals surface area contributed by atoms with E-state index in [0.717, 1.165) is 29.2 Å². The molecule has 3 rings (SSSR count). The van der Waals surface area contributed by atoms with E-state index in [9.17, 15) is 0 Å². The molecule has 92 valence electrons. The number of aryl methyl sites for hydroxylation is 2. The van der Waals surface area contributed by atoms with Crippen molar-refractivity contribution in [2.75, 3.05) is 5.73 Å². The lowest BCUT2D eigenvalue weighted by Gasteiger charge is -1.97. The van der Waals surface area contributed by atoms with Crippen LogP contribution in [0.1, 0.15) is 18.2 Å². The molecule has 0 aliphatic rings. The number of nitrogens with zero attached hydrogens (tertiary/aromatic N) is 2. The van der Waals surface area contributed by atoms with Crippen molar-refractivity contribution < 1.29 is 4.42 Å². The lowest BCUT2D eigenvalue weighted by molar-refractivity contribution is 0.528. The quantitative estimate of drug-likeness (QED) is 0.750. The number of hydrogen-bond acceptors (Lipinski definition) is 3. The number of rotatable bonds is 2. The second-order valence-electron chi connectivity index (χ2n) is 4.35. The minimum absolute atomic E-state index is 0.616. The maximum atomic E-state index is 6.13. The van der Waals surface area contributed by atoms with Crippen molar-refractivity contribution in [3.8, 4) is 11.5 Å². The highest BCUT2D eigenvalue weighted by molar-refractivity contribution is 5.72. The van der Waals surface area contributed by atoms with Gasteiger partial charge in [-0.15, -0.1) is 0 Å². The molecule has 3 aromatic heterocycles. The van der Waals surface area contributed by atoms with Crippen molar-refractivity contribution in [3.63, 3.8) is 0 Å². The van der Waals surface area contributed by atoms with Gasteiger partial charge in [0, 0.05) is 12.6 Å². The fourth-order valence-corrected chi connectivity index (χ4v) is 2.10. The van der Waals surface area contributed by atoms with Gasteiger partial charge in [0.1, 0.15) is 22.9 Å². The first-order chi connectivity index (χ1) is 8.70. The number of nitrogen functional groups attached to an aromatic ring is 1. The van der Waals surface area contributed by atoms with Gasteiger partial charge in [-0.3, -0.25) is 4.40 Å². The molecule has 4 heteroatoms. The Labute approximate surface area is 105 Å². The zero-order valence-electron chi connectivity index (χ0n) is 10.5. The van der Waals surface area contributed by atoms with Crippen molar-refractivity contribution in [3.05, 3.63) is 41.8 Å². The highest BCUT2D eigenvalue weighted by atomic mass is 16.3. The molecule has 0 fully saturated rings. The Kier molecular flexibility index (Phi) is 2.37. The van der Waals surface area contributed by atoms with Gasteiger partial charge in [0.2, 0.25) is 0 Å². The Hall–Kier alpha value is -2.23. The zero-order chi connectivity index (χ0) is 12.7. The Morgan fingerprint density at radius 3 is 2.83 bits per heavy atom. The minimum Gasteiger partial charge on any atom is -0.459 e. The molecule has 0 unspecified atom stereocenters. The monoisotopic (exact) mass is 241 g/mol. The average Bonchev–Trinajstić information content (AvgIpc) is 2.96. The van der Waals surface area contributed by atoms with E-state index in [4.69, 9.17) is 10.2 Å². The summed E-state index contributed by atoms with van der Waals surface area (Å²) in [5.41, 5.74) is 8.81. The van der Waals surface area contributed by atoms with E-state index in [1.807, 2.05) is 41.8 Å². The topological polar surface area (TPSA) is 56.5 Å². The molecule has 18 heavy (non-hydrogen) atoms. The zero-order valence-corrected chi connectivity index (χ0v) is 10.5. The van der Waals surface area contributed by atoms with Gasteiger partial charge in [-0.05, 0) is 30.7 Å². The number of aromatic nitrogens is 2. The minimum atomic E-state index is 0.616. The van der Waals surface area contributed by atoms with Gasteiger partial charge in [-0.2, -0.15) is 0 Å². The van der Waals surface area contributed by atoms with Crippen molar-refractivity contribution >= 4 is 11.5 Å². The molecule has 3 heterocycles. The van der Waals surface area contributed by atoms with Crippen LogP contribution >= 0.6 is 0 Å². The summed E-state index contributed by atoms with van der Waals surface area (Å²) in [4.78, 5) is 4.57. The predicted molar refractivity (Wildman–Crippen MR) is 71.4 cm³/mol. The van der Waals surface area contributed by atoms with E-state index < -0.39 is 0 Å². The van der Waals surface area contributed by atoms with Crippen LogP contribution in [0.2, 0.25) is 0 Å². The van der Waals surface area contributed by atoms with Gasteiger partial charge in [-0.25, -0.2) is 4.98 Å². The van der Waals surface area contributed by atoms with Crippen molar-refractivity contribution in [2.45, 2.75) is 20.3 Å². The van der Waals surface area contributed by atoms with Gasteiger partial charge < -0.3 is 10.2 Å². The fourth-order valence-electron chi connectivity index (χ4n) is 2.10. The number of furan rings is 1. The van der Waals surface area contributed by atoms with Crippen molar-refractivity contribution in [1.82, 2.24) is 9.38 Å². The number of anilines is 1. The van der Waals surface area contributed by atoms with Gasteiger partial charge >= 0.3 is 0 Å². The normalized spacial score (nSPS) is 11.2. The molecule has 0 bridgehead atoms. The summed E-state index contributed by atoms with van der Waals surface area (Å²) in [6, 6.07) is 7.87. The molecule has 2 N–H and O–H groups in total. The molecule has 0 atom stereocenters. The van der Waals surface area contributed by atoms with E-state index in [1.165, 1.54) is 0 Å². The van der Waals surface area contributed by atoms with Crippen LogP contribution in [0, 0.1) is 6.92 Å². The molecule has 3 aromatic rings. The lowest BCUT2D eigenvalue weighted by Crippen LogP contribution is -1.94. The van der Waals surface area contributed by atoms with Crippen LogP contribution in [-0.4, -0.2) is 9.38 Å².